The number of amides is 2. The zero-order chi connectivity index (χ0) is 15.0. The van der Waals surface area contributed by atoms with Crippen LogP contribution in [0.3, 0.4) is 0 Å². The zero-order valence-electron chi connectivity index (χ0n) is 11.3. The lowest BCUT2D eigenvalue weighted by Crippen LogP contribution is -2.50. The lowest BCUT2D eigenvalue weighted by Gasteiger charge is -2.29. The molecular weight excluding hydrogens is 282 g/mol. The van der Waals surface area contributed by atoms with Crippen LogP contribution in [0.5, 0.6) is 0 Å². The summed E-state index contributed by atoms with van der Waals surface area (Å²) in [7, 11) is 0. The molecule has 2 amide bonds. The molecule has 1 aliphatic heterocycles. The van der Waals surface area contributed by atoms with Crippen molar-refractivity contribution >= 4 is 6.03 Å². The number of rotatable bonds is 3. The highest BCUT2D eigenvalue weighted by Crippen LogP contribution is 2.35. The number of halogens is 2. The number of hydrogen-bond donors (Lipinski definition) is 2. The van der Waals surface area contributed by atoms with E-state index in [-0.39, 0.29) is 18.0 Å². The van der Waals surface area contributed by atoms with Crippen LogP contribution in [0.25, 0.3) is 0 Å². The minimum atomic E-state index is -2.55. The van der Waals surface area contributed by atoms with Crippen LogP contribution >= 0.6 is 0 Å². The second-order valence-electron chi connectivity index (χ2n) is 5.52. The van der Waals surface area contributed by atoms with Crippen molar-refractivity contribution in [3.05, 3.63) is 27.7 Å². The molecule has 1 unspecified atom stereocenters. The van der Waals surface area contributed by atoms with Crippen LogP contribution in [0.15, 0.2) is 10.9 Å². The van der Waals surface area contributed by atoms with Gasteiger partial charge in [0.1, 0.15) is 0 Å². The fourth-order valence-corrected chi connectivity index (χ4v) is 2.60. The summed E-state index contributed by atoms with van der Waals surface area (Å²) >= 11 is 0. The Morgan fingerprint density at radius 3 is 2.90 bits per heavy atom. The van der Waals surface area contributed by atoms with Gasteiger partial charge in [-0.25, -0.2) is 18.7 Å². The number of hydrogen-bond acceptors (Lipinski definition) is 3. The molecule has 1 aromatic heterocycles. The van der Waals surface area contributed by atoms with E-state index in [1.54, 1.807) is 0 Å². The molecule has 8 heteroatoms. The van der Waals surface area contributed by atoms with E-state index in [0.717, 1.165) is 18.5 Å². The highest BCUT2D eigenvalue weighted by molar-refractivity contribution is 5.75. The first-order valence-corrected chi connectivity index (χ1v) is 6.95. The minimum absolute atomic E-state index is 0.115. The molecule has 1 aliphatic carbocycles. The summed E-state index contributed by atoms with van der Waals surface area (Å²) in [6.07, 6.45) is -0.583. The lowest BCUT2D eigenvalue weighted by atomic mass is 10.1. The predicted octanol–water partition coefficient (Wildman–Crippen LogP) is 0.881. The number of carbonyl (C=O) groups excluding carboxylic acids is 1. The third-order valence-electron chi connectivity index (χ3n) is 3.94. The fourth-order valence-electron chi connectivity index (χ4n) is 2.60. The molecule has 1 saturated carbocycles. The van der Waals surface area contributed by atoms with Crippen LogP contribution in [-0.2, 0) is 13.0 Å². The van der Waals surface area contributed by atoms with Crippen molar-refractivity contribution in [1.82, 2.24) is 20.4 Å². The summed E-state index contributed by atoms with van der Waals surface area (Å²) in [6.45, 7) is 0.622. The fraction of sp³-hybridized carbons (Fsp3) is 0.615. The quantitative estimate of drug-likeness (QED) is 0.869. The molecule has 1 fully saturated rings. The lowest BCUT2D eigenvalue weighted by molar-refractivity contribution is 0.0862. The molecule has 0 aromatic carbocycles. The van der Waals surface area contributed by atoms with Gasteiger partial charge in [-0.3, -0.25) is 4.79 Å². The average molecular weight is 298 g/mol. The first-order valence-electron chi connectivity index (χ1n) is 6.95. The van der Waals surface area contributed by atoms with Crippen LogP contribution in [0, 0.1) is 5.92 Å². The van der Waals surface area contributed by atoms with Gasteiger partial charge in [0.2, 0.25) is 0 Å². The van der Waals surface area contributed by atoms with Crippen LogP contribution in [0.2, 0.25) is 0 Å². The van der Waals surface area contributed by atoms with E-state index in [0.29, 0.717) is 18.5 Å². The molecular formula is C13H16F2N4O2. The van der Waals surface area contributed by atoms with E-state index in [9.17, 15) is 18.4 Å². The minimum Gasteiger partial charge on any atom is -0.329 e. The molecule has 0 saturated heterocycles. The highest BCUT2D eigenvalue weighted by atomic mass is 19.3. The van der Waals surface area contributed by atoms with Gasteiger partial charge in [0.15, 0.2) is 0 Å². The van der Waals surface area contributed by atoms with Gasteiger partial charge in [-0.15, -0.1) is 0 Å². The Kier molecular flexibility index (Phi) is 3.60. The summed E-state index contributed by atoms with van der Waals surface area (Å²) in [6, 6.07) is -0.179. The Labute approximate surface area is 119 Å². The van der Waals surface area contributed by atoms with Crippen molar-refractivity contribution in [2.45, 2.75) is 38.3 Å². The standard InChI is InChI=1S/C13H16F2N4O2/c14-12(15)11(7-1-2-7)16-13(21)19-4-3-9-8(6-19)5-10(20)18-17-9/h5,7,11-12H,1-4,6H2,(H,16,21)(H,18,20). The Morgan fingerprint density at radius 2 is 2.24 bits per heavy atom. The van der Waals surface area contributed by atoms with Crippen LogP contribution in [0.1, 0.15) is 24.1 Å². The molecule has 6 nitrogen and oxygen atoms in total. The zero-order valence-corrected chi connectivity index (χ0v) is 11.3. The summed E-state index contributed by atoms with van der Waals surface area (Å²) < 4.78 is 25.8. The topological polar surface area (TPSA) is 78.1 Å². The Bertz CT molecular complexity index is 598. The maximum Gasteiger partial charge on any atom is 0.318 e. The highest BCUT2D eigenvalue weighted by Gasteiger charge is 2.39. The van der Waals surface area contributed by atoms with Gasteiger partial charge in [-0.05, 0) is 18.8 Å². The Balaban J connectivity index is 1.67. The normalized spacial score (nSPS) is 19.3. The molecule has 1 aromatic rings. The molecule has 0 radical (unpaired) electrons. The van der Waals surface area contributed by atoms with Gasteiger partial charge >= 0.3 is 6.03 Å². The van der Waals surface area contributed by atoms with Crippen molar-refractivity contribution in [2.24, 2.45) is 5.92 Å². The number of nitrogens with one attached hydrogen (secondary N) is 2. The van der Waals surface area contributed by atoms with E-state index in [2.05, 4.69) is 15.5 Å². The van der Waals surface area contributed by atoms with E-state index < -0.39 is 18.5 Å². The molecule has 114 valence electrons. The van der Waals surface area contributed by atoms with Crippen LogP contribution < -0.4 is 10.9 Å². The van der Waals surface area contributed by atoms with Gasteiger partial charge in [0, 0.05) is 31.1 Å². The summed E-state index contributed by atoms with van der Waals surface area (Å²) in [5.74, 6) is -0.115. The van der Waals surface area contributed by atoms with Crippen molar-refractivity contribution in [1.29, 1.82) is 0 Å². The molecule has 3 rings (SSSR count). The number of urea groups is 1. The molecule has 2 aliphatic rings. The molecule has 2 heterocycles. The molecule has 2 N–H and O–H groups in total. The first-order chi connectivity index (χ1) is 10.0. The monoisotopic (exact) mass is 298 g/mol. The SMILES string of the molecule is O=C(NC(C(F)F)C1CC1)N1CCc2n[nH]c(=O)cc2C1. The number of fused-ring (bicyclic) bond motifs is 1. The molecule has 21 heavy (non-hydrogen) atoms. The molecule has 1 atom stereocenters. The Morgan fingerprint density at radius 1 is 1.48 bits per heavy atom. The Hall–Kier alpha value is -1.99. The number of H-pyrrole nitrogens is 1. The number of aromatic amines is 1. The number of alkyl halides is 2. The predicted molar refractivity (Wildman–Crippen MR) is 70.0 cm³/mol. The maximum absolute atomic E-state index is 12.9. The van der Waals surface area contributed by atoms with Crippen LogP contribution in [0.4, 0.5) is 13.6 Å². The largest absolute Gasteiger partial charge is 0.329 e. The van der Waals surface area contributed by atoms with Gasteiger partial charge in [-0.2, -0.15) is 5.10 Å². The van der Waals surface area contributed by atoms with E-state index in [4.69, 9.17) is 0 Å². The van der Waals surface area contributed by atoms with Crippen molar-refractivity contribution < 1.29 is 13.6 Å². The number of nitrogens with zero attached hydrogens (tertiary/aromatic N) is 2. The second-order valence-corrected chi connectivity index (χ2v) is 5.52. The van der Waals surface area contributed by atoms with Gasteiger partial charge < -0.3 is 10.2 Å². The van der Waals surface area contributed by atoms with Crippen molar-refractivity contribution in [2.75, 3.05) is 6.54 Å². The maximum atomic E-state index is 12.9. The number of aromatic nitrogens is 2. The van der Waals surface area contributed by atoms with Gasteiger partial charge in [0.05, 0.1) is 11.7 Å². The summed E-state index contributed by atoms with van der Waals surface area (Å²) in [5.41, 5.74) is 1.07. The third kappa shape index (κ3) is 3.03. The summed E-state index contributed by atoms with van der Waals surface area (Å²) in [4.78, 5) is 24.8. The third-order valence-corrected chi connectivity index (χ3v) is 3.94. The van der Waals surface area contributed by atoms with Crippen molar-refractivity contribution in [3.63, 3.8) is 0 Å². The second kappa shape index (κ2) is 5.42. The number of carbonyl (C=O) groups is 1. The smallest absolute Gasteiger partial charge is 0.318 e. The first kappa shape index (κ1) is 14.0. The van der Waals surface area contributed by atoms with Crippen molar-refractivity contribution in [3.8, 4) is 0 Å². The van der Waals surface area contributed by atoms with E-state index in [1.165, 1.54) is 11.0 Å². The van der Waals surface area contributed by atoms with E-state index >= 15 is 0 Å². The van der Waals surface area contributed by atoms with Gasteiger partial charge in [0.25, 0.3) is 12.0 Å². The molecule has 0 spiro atoms. The van der Waals surface area contributed by atoms with Crippen LogP contribution in [-0.4, -0.2) is 40.1 Å². The van der Waals surface area contributed by atoms with Gasteiger partial charge in [-0.1, -0.05) is 0 Å². The molecule has 0 bridgehead atoms. The van der Waals surface area contributed by atoms with E-state index in [1.807, 2.05) is 0 Å². The summed E-state index contributed by atoms with van der Waals surface area (Å²) in [5, 5.41) is 8.70. The average Bonchev–Trinajstić information content (AvgIpc) is 3.27.